The Hall–Kier alpha value is -1.64. The summed E-state index contributed by atoms with van der Waals surface area (Å²) in [6.45, 7) is 6.36. The molecule has 0 amide bonds. The highest BCUT2D eigenvalue weighted by Crippen LogP contribution is 2.29. The molecule has 0 aliphatic carbocycles. The second-order valence-electron chi connectivity index (χ2n) is 4.76. The average Bonchev–Trinajstić information content (AvgIpc) is 2.81. The molecule has 1 aromatic carbocycles. The molecule has 3 rings (SSSR count). The molecule has 1 aliphatic heterocycles. The Balaban J connectivity index is 2.27. The van der Waals surface area contributed by atoms with Crippen molar-refractivity contribution in [2.45, 2.75) is 26.7 Å². The minimum Gasteiger partial charge on any atom is -0.356 e. The Bertz CT molecular complexity index is 557. The first kappa shape index (κ1) is 10.5. The maximum absolute atomic E-state index is 4.66. The summed E-state index contributed by atoms with van der Waals surface area (Å²) in [5, 5.41) is 1.22. The van der Waals surface area contributed by atoms with E-state index in [1.54, 1.807) is 0 Å². The van der Waals surface area contributed by atoms with E-state index in [4.69, 9.17) is 0 Å². The SMILES string of the molecule is Cc1nc(N2CCCC2)c2c(C)cccc2n1. The number of hydrogen-bond donors (Lipinski definition) is 0. The van der Waals surface area contributed by atoms with Crippen LogP contribution in [-0.2, 0) is 0 Å². The van der Waals surface area contributed by atoms with Crippen molar-refractivity contribution in [1.82, 2.24) is 9.97 Å². The van der Waals surface area contributed by atoms with Crippen molar-refractivity contribution >= 4 is 16.7 Å². The van der Waals surface area contributed by atoms with E-state index in [-0.39, 0.29) is 0 Å². The van der Waals surface area contributed by atoms with E-state index < -0.39 is 0 Å². The van der Waals surface area contributed by atoms with Crippen molar-refractivity contribution in [3.05, 3.63) is 29.6 Å². The van der Waals surface area contributed by atoms with Crippen LogP contribution >= 0.6 is 0 Å². The first-order chi connectivity index (χ1) is 8.25. The molecule has 1 aliphatic rings. The van der Waals surface area contributed by atoms with Crippen LogP contribution in [0.3, 0.4) is 0 Å². The van der Waals surface area contributed by atoms with Crippen molar-refractivity contribution < 1.29 is 0 Å². The van der Waals surface area contributed by atoms with Gasteiger partial charge in [-0.05, 0) is 38.3 Å². The molecule has 1 saturated heterocycles. The molecule has 0 spiro atoms. The monoisotopic (exact) mass is 227 g/mol. The summed E-state index contributed by atoms with van der Waals surface area (Å²) in [5.74, 6) is 1.99. The van der Waals surface area contributed by atoms with E-state index in [9.17, 15) is 0 Å². The Morgan fingerprint density at radius 3 is 2.59 bits per heavy atom. The van der Waals surface area contributed by atoms with Crippen molar-refractivity contribution in [1.29, 1.82) is 0 Å². The van der Waals surface area contributed by atoms with Crippen molar-refractivity contribution in [2.75, 3.05) is 18.0 Å². The van der Waals surface area contributed by atoms with Gasteiger partial charge in [0.15, 0.2) is 0 Å². The van der Waals surface area contributed by atoms with Crippen LogP contribution in [0.4, 0.5) is 5.82 Å². The van der Waals surface area contributed by atoms with Gasteiger partial charge in [-0.3, -0.25) is 0 Å². The fourth-order valence-corrected chi connectivity index (χ4v) is 2.60. The Morgan fingerprint density at radius 2 is 1.82 bits per heavy atom. The highest BCUT2D eigenvalue weighted by molar-refractivity contribution is 5.92. The standard InChI is InChI=1S/C14H17N3/c1-10-6-5-7-12-13(10)14(16-11(2)15-12)17-8-3-4-9-17/h5-7H,3-4,8-9H2,1-2H3. The van der Waals surface area contributed by atoms with Gasteiger partial charge < -0.3 is 4.90 Å². The number of aromatic nitrogens is 2. The van der Waals surface area contributed by atoms with Gasteiger partial charge in [0.25, 0.3) is 0 Å². The van der Waals surface area contributed by atoms with Gasteiger partial charge in [-0.25, -0.2) is 9.97 Å². The highest BCUT2D eigenvalue weighted by atomic mass is 15.2. The molecular formula is C14H17N3. The van der Waals surface area contributed by atoms with Crippen LogP contribution in [-0.4, -0.2) is 23.1 Å². The third kappa shape index (κ3) is 1.75. The van der Waals surface area contributed by atoms with Crippen molar-refractivity contribution in [3.8, 4) is 0 Å². The number of nitrogens with zero attached hydrogens (tertiary/aromatic N) is 3. The van der Waals surface area contributed by atoms with Crippen LogP contribution < -0.4 is 4.90 Å². The quantitative estimate of drug-likeness (QED) is 0.750. The van der Waals surface area contributed by atoms with Crippen molar-refractivity contribution in [2.24, 2.45) is 0 Å². The zero-order valence-corrected chi connectivity index (χ0v) is 10.4. The number of fused-ring (bicyclic) bond motifs is 1. The fraction of sp³-hybridized carbons (Fsp3) is 0.429. The minimum absolute atomic E-state index is 0.866. The lowest BCUT2D eigenvalue weighted by atomic mass is 10.1. The zero-order valence-electron chi connectivity index (χ0n) is 10.4. The second-order valence-corrected chi connectivity index (χ2v) is 4.76. The lowest BCUT2D eigenvalue weighted by molar-refractivity contribution is 0.924. The van der Waals surface area contributed by atoms with Gasteiger partial charge in [0, 0.05) is 18.5 Å². The summed E-state index contributed by atoms with van der Waals surface area (Å²) < 4.78 is 0. The van der Waals surface area contributed by atoms with Crippen LogP contribution in [0.1, 0.15) is 24.2 Å². The lowest BCUT2D eigenvalue weighted by Gasteiger charge is -2.19. The summed E-state index contributed by atoms with van der Waals surface area (Å²) in [7, 11) is 0. The summed E-state index contributed by atoms with van der Waals surface area (Å²) in [6, 6.07) is 6.29. The molecule has 0 N–H and O–H groups in total. The molecule has 1 fully saturated rings. The maximum atomic E-state index is 4.66. The molecule has 0 bridgehead atoms. The maximum Gasteiger partial charge on any atom is 0.140 e. The van der Waals surface area contributed by atoms with Crippen molar-refractivity contribution in [3.63, 3.8) is 0 Å². The van der Waals surface area contributed by atoms with E-state index in [0.29, 0.717) is 0 Å². The van der Waals surface area contributed by atoms with Gasteiger partial charge in [-0.1, -0.05) is 12.1 Å². The third-order valence-corrected chi connectivity index (χ3v) is 3.43. The second kappa shape index (κ2) is 3.99. The van der Waals surface area contributed by atoms with Gasteiger partial charge in [-0.2, -0.15) is 0 Å². The first-order valence-corrected chi connectivity index (χ1v) is 6.24. The summed E-state index contributed by atoms with van der Waals surface area (Å²) >= 11 is 0. The molecule has 0 unspecified atom stereocenters. The fourth-order valence-electron chi connectivity index (χ4n) is 2.60. The summed E-state index contributed by atoms with van der Waals surface area (Å²) in [5.41, 5.74) is 2.34. The predicted molar refractivity (Wildman–Crippen MR) is 70.5 cm³/mol. The number of hydrogen-bond acceptors (Lipinski definition) is 3. The van der Waals surface area contributed by atoms with E-state index in [2.05, 4.69) is 40.0 Å². The first-order valence-electron chi connectivity index (χ1n) is 6.24. The van der Waals surface area contributed by atoms with Crippen LogP contribution in [0, 0.1) is 13.8 Å². The smallest absolute Gasteiger partial charge is 0.140 e. The molecule has 1 aromatic heterocycles. The molecule has 3 nitrogen and oxygen atoms in total. The normalized spacial score (nSPS) is 15.8. The van der Waals surface area contributed by atoms with Crippen LogP contribution in [0.5, 0.6) is 0 Å². The van der Waals surface area contributed by atoms with Gasteiger partial charge >= 0.3 is 0 Å². The lowest BCUT2D eigenvalue weighted by Crippen LogP contribution is -2.20. The van der Waals surface area contributed by atoms with Gasteiger partial charge in [0.05, 0.1) is 5.52 Å². The summed E-state index contributed by atoms with van der Waals surface area (Å²) in [4.78, 5) is 11.6. The third-order valence-electron chi connectivity index (χ3n) is 3.43. The number of benzene rings is 1. The Labute approximate surface area is 101 Å². The molecule has 3 heteroatoms. The topological polar surface area (TPSA) is 29.0 Å². The largest absolute Gasteiger partial charge is 0.356 e. The van der Waals surface area contributed by atoms with Crippen LogP contribution in [0.15, 0.2) is 18.2 Å². The molecule has 88 valence electrons. The Morgan fingerprint density at radius 1 is 1.06 bits per heavy atom. The van der Waals surface area contributed by atoms with Gasteiger partial charge in [0.1, 0.15) is 11.6 Å². The molecule has 2 heterocycles. The summed E-state index contributed by atoms with van der Waals surface area (Å²) in [6.07, 6.45) is 2.55. The van der Waals surface area contributed by atoms with E-state index in [0.717, 1.165) is 30.2 Å². The minimum atomic E-state index is 0.866. The molecular weight excluding hydrogens is 210 g/mol. The molecule has 17 heavy (non-hydrogen) atoms. The van der Waals surface area contributed by atoms with E-state index in [1.807, 2.05) is 6.92 Å². The van der Waals surface area contributed by atoms with Gasteiger partial charge in [0.2, 0.25) is 0 Å². The predicted octanol–water partition coefficient (Wildman–Crippen LogP) is 2.85. The molecule has 0 atom stereocenters. The molecule has 0 radical (unpaired) electrons. The number of aryl methyl sites for hydroxylation is 2. The van der Waals surface area contributed by atoms with Crippen LogP contribution in [0.2, 0.25) is 0 Å². The average molecular weight is 227 g/mol. The van der Waals surface area contributed by atoms with E-state index in [1.165, 1.54) is 23.8 Å². The highest BCUT2D eigenvalue weighted by Gasteiger charge is 2.18. The number of rotatable bonds is 1. The molecule has 0 saturated carbocycles. The zero-order chi connectivity index (χ0) is 11.8. The Kier molecular flexibility index (Phi) is 2.46. The van der Waals surface area contributed by atoms with Gasteiger partial charge in [-0.15, -0.1) is 0 Å². The van der Waals surface area contributed by atoms with E-state index >= 15 is 0 Å². The molecule has 2 aromatic rings. The van der Waals surface area contributed by atoms with Crippen LogP contribution in [0.25, 0.3) is 10.9 Å². The number of anilines is 1.